The number of para-hydroxylation sites is 6. The van der Waals surface area contributed by atoms with Gasteiger partial charge in [-0.3, -0.25) is 4.57 Å². The molecular formula is C94H85N5O2. The Bertz CT molecular complexity index is 5990. The largest absolute Gasteiger partial charge is 0.457 e. The molecule has 101 heavy (non-hydrogen) atoms. The first-order chi connectivity index (χ1) is 52.7. The molecule has 1 aliphatic rings. The van der Waals surface area contributed by atoms with Gasteiger partial charge in [0.2, 0.25) is 0 Å². The van der Waals surface area contributed by atoms with Crippen LogP contribution < -0.4 is 19.3 Å². The second kappa shape index (κ2) is 24.8. The molecule has 0 unspecified atom stereocenters. The van der Waals surface area contributed by atoms with Crippen molar-refractivity contribution < 1.29 is 23.2 Å². The maximum atomic E-state index is 9.24. The average Bonchev–Trinajstić information content (AvgIpc) is 1.27. The third-order valence-corrected chi connectivity index (χ3v) is 19.6. The molecule has 7 heteroatoms. The number of fused-ring (bicyclic) bond motifs is 7. The lowest BCUT2D eigenvalue weighted by atomic mass is 9.78. The summed E-state index contributed by atoms with van der Waals surface area (Å²) in [4.78, 5) is 9.20. The fraction of sp³-hybridized carbons (Fsp3) is 0.181. The second-order valence-corrected chi connectivity index (χ2v) is 30.6. The monoisotopic (exact) mass is 1330 g/mol. The molecule has 4 heterocycles. The Morgan fingerprint density at radius 2 is 0.812 bits per heavy atom. The summed E-state index contributed by atoms with van der Waals surface area (Å²) in [6.07, 6.45) is 1.82. The van der Waals surface area contributed by atoms with Crippen LogP contribution in [0.15, 0.2) is 285 Å². The van der Waals surface area contributed by atoms with E-state index in [2.05, 4.69) is 231 Å². The summed E-state index contributed by atoms with van der Waals surface area (Å²) in [5.74, 6) is 2.97. The fourth-order valence-corrected chi connectivity index (χ4v) is 14.2. The van der Waals surface area contributed by atoms with Crippen LogP contribution in [0.5, 0.6) is 23.0 Å². The zero-order chi connectivity index (χ0) is 78.4. The molecule has 12 aromatic carbocycles. The van der Waals surface area contributed by atoms with Crippen LogP contribution in [0.25, 0.3) is 99.6 Å². The van der Waals surface area contributed by atoms with E-state index in [1.807, 2.05) is 77.8 Å². The summed E-state index contributed by atoms with van der Waals surface area (Å²) in [6.45, 7) is 27.3. The fourth-order valence-electron chi connectivity index (χ4n) is 14.2. The zero-order valence-electron chi connectivity index (χ0n) is 69.1. The quantitative estimate of drug-likeness (QED) is 0.122. The Hall–Kier alpha value is -11.4. The van der Waals surface area contributed by atoms with Crippen LogP contribution in [0.3, 0.4) is 0 Å². The predicted octanol–water partition coefficient (Wildman–Crippen LogP) is 26.0. The highest BCUT2D eigenvalue weighted by Crippen LogP contribution is 2.52. The third kappa shape index (κ3) is 12.0. The first-order valence-corrected chi connectivity index (χ1v) is 34.6. The SMILES string of the molecule is [2H]c1c([2H])c([2H])c(-c2cccc(-c3c([2H])c([2H])c([2H])c([2H])c3[2H])c2N2CN(c3cccc(Oc4ccc5c6cc(-n7c8ccccc8c8ccccc87)ccc6n(-c6cc(Oc7c(-c8cc(C(C)(C)C)cc(C(C)(C)C)c8)cccc7-c7cc(C(C)(C)C)cc(C(C)(C)C)c7)ccn6)c5c4)c3)c3ccccc32)c([2H])c1[2H]. The molecule has 0 fully saturated rings. The summed E-state index contributed by atoms with van der Waals surface area (Å²) in [6, 6.07) is 69.5. The molecule has 0 aliphatic carbocycles. The van der Waals surface area contributed by atoms with Crippen LogP contribution in [-0.2, 0) is 21.7 Å². The van der Waals surface area contributed by atoms with Crippen molar-refractivity contribution >= 4 is 66.4 Å². The molecule has 0 radical (unpaired) electrons. The highest BCUT2D eigenvalue weighted by atomic mass is 16.5. The van der Waals surface area contributed by atoms with Gasteiger partial charge in [-0.25, -0.2) is 4.98 Å². The van der Waals surface area contributed by atoms with Gasteiger partial charge in [0.25, 0.3) is 0 Å². The molecular weight excluding hydrogens is 1230 g/mol. The minimum atomic E-state index is -0.564. The van der Waals surface area contributed by atoms with Crippen molar-refractivity contribution in [1.82, 2.24) is 14.1 Å². The van der Waals surface area contributed by atoms with Gasteiger partial charge in [-0.15, -0.1) is 0 Å². The topological polar surface area (TPSA) is 47.7 Å². The number of rotatable bonds is 12. The lowest BCUT2D eigenvalue weighted by Gasteiger charge is -2.28. The van der Waals surface area contributed by atoms with E-state index in [-0.39, 0.29) is 56.3 Å². The van der Waals surface area contributed by atoms with Crippen molar-refractivity contribution in [2.75, 3.05) is 16.5 Å². The highest BCUT2D eigenvalue weighted by molar-refractivity contribution is 6.12. The van der Waals surface area contributed by atoms with Crippen LogP contribution >= 0.6 is 0 Å². The molecule has 0 amide bonds. The van der Waals surface area contributed by atoms with Gasteiger partial charge >= 0.3 is 0 Å². The van der Waals surface area contributed by atoms with Crippen LogP contribution in [0.4, 0.5) is 22.7 Å². The molecule has 498 valence electrons. The summed E-state index contributed by atoms with van der Waals surface area (Å²) in [5, 5.41) is 4.26. The zero-order valence-corrected chi connectivity index (χ0v) is 59.1. The number of nitrogens with zero attached hydrogens (tertiary/aromatic N) is 5. The highest BCUT2D eigenvalue weighted by Gasteiger charge is 2.33. The molecule has 0 saturated carbocycles. The lowest BCUT2D eigenvalue weighted by Crippen LogP contribution is -2.24. The molecule has 0 atom stereocenters. The Kier molecular flexibility index (Phi) is 13.1. The van der Waals surface area contributed by atoms with Gasteiger partial charge in [0, 0.05) is 79.6 Å². The van der Waals surface area contributed by atoms with Gasteiger partial charge in [0.15, 0.2) is 0 Å². The standard InChI is InChI=1S/C94H85N5O2/c1-91(2,3)65-50-63(51-66(54-65)92(4,5)6)76-38-27-39-77(64-52-67(93(7,8)9)55-68(53-64)94(10,11)12)90(76)101-73-48-49-95-88(59-73)99-84-47-44-70(98-82-40-21-19-34-78(82)79-35-20-22-41-83(79)98)57-81(84)80-46-45-72(58-87(80)99)100-71-33-25-32-69(56-71)96-60-97(86-43-24-23-42-85(86)96)89-74(61-28-15-13-16-29-61)36-26-37-75(89)62-30-17-14-18-31-62/h13-59H,60H2,1-12H3/i13D,14D,15D,16D,17D,18D,28D,29D,30D,31D. The maximum absolute atomic E-state index is 9.24. The van der Waals surface area contributed by atoms with Crippen molar-refractivity contribution in [2.45, 2.75) is 105 Å². The van der Waals surface area contributed by atoms with Gasteiger partial charge in [0.1, 0.15) is 35.5 Å². The Labute approximate surface area is 608 Å². The molecule has 0 bridgehead atoms. The van der Waals surface area contributed by atoms with E-state index in [0.717, 1.165) is 83.0 Å². The van der Waals surface area contributed by atoms with Crippen LogP contribution in [0.1, 0.15) is 119 Å². The Balaban J connectivity index is 0.840. The summed E-state index contributed by atoms with van der Waals surface area (Å²) in [7, 11) is 0. The summed E-state index contributed by atoms with van der Waals surface area (Å²) in [5.41, 5.74) is 15.8. The Morgan fingerprint density at radius 3 is 1.37 bits per heavy atom. The van der Waals surface area contributed by atoms with Crippen molar-refractivity contribution in [3.05, 3.63) is 307 Å². The molecule has 3 aromatic heterocycles. The van der Waals surface area contributed by atoms with Crippen molar-refractivity contribution in [1.29, 1.82) is 0 Å². The second-order valence-electron chi connectivity index (χ2n) is 30.6. The van der Waals surface area contributed by atoms with E-state index < -0.39 is 60.4 Å². The van der Waals surface area contributed by atoms with Gasteiger partial charge in [-0.05, 0) is 139 Å². The van der Waals surface area contributed by atoms with Gasteiger partial charge in [-0.1, -0.05) is 271 Å². The van der Waals surface area contributed by atoms with E-state index in [1.54, 1.807) is 18.2 Å². The molecule has 1 aliphatic heterocycles. The van der Waals surface area contributed by atoms with Gasteiger partial charge < -0.3 is 23.8 Å². The van der Waals surface area contributed by atoms with Crippen molar-refractivity contribution in [3.63, 3.8) is 0 Å². The van der Waals surface area contributed by atoms with Gasteiger partial charge in [-0.2, -0.15) is 0 Å². The van der Waals surface area contributed by atoms with Crippen molar-refractivity contribution in [2.24, 2.45) is 0 Å². The van der Waals surface area contributed by atoms with E-state index in [4.69, 9.17) is 22.7 Å². The molecule has 16 rings (SSSR count). The Morgan fingerprint density at radius 1 is 0.337 bits per heavy atom. The van der Waals surface area contributed by atoms with Crippen LogP contribution in [0, 0.1) is 0 Å². The minimum Gasteiger partial charge on any atom is -0.457 e. The molecule has 0 saturated heterocycles. The number of anilines is 4. The summed E-state index contributed by atoms with van der Waals surface area (Å²) < 4.78 is 108. The number of hydrogen-bond acceptors (Lipinski definition) is 5. The molecule has 7 nitrogen and oxygen atoms in total. The van der Waals surface area contributed by atoms with Crippen LogP contribution in [-0.4, -0.2) is 20.8 Å². The first-order valence-electron chi connectivity index (χ1n) is 39.6. The van der Waals surface area contributed by atoms with E-state index >= 15 is 0 Å². The normalized spacial score (nSPS) is 14.3. The first kappa shape index (κ1) is 53.5. The number of ether oxygens (including phenoxy) is 2. The smallest absolute Gasteiger partial charge is 0.143 e. The lowest BCUT2D eigenvalue weighted by molar-refractivity contribution is 0.483. The van der Waals surface area contributed by atoms with Crippen LogP contribution in [0.2, 0.25) is 0 Å². The predicted molar refractivity (Wildman–Crippen MR) is 425 cm³/mol. The maximum Gasteiger partial charge on any atom is 0.143 e. The number of aromatic nitrogens is 3. The number of pyridine rings is 1. The van der Waals surface area contributed by atoms with Gasteiger partial charge in [0.05, 0.1) is 52.8 Å². The minimum absolute atomic E-state index is 0.0699. The number of benzene rings is 12. The van der Waals surface area contributed by atoms with Crippen molar-refractivity contribution in [3.8, 4) is 79.0 Å². The molecule has 0 N–H and O–H groups in total. The summed E-state index contributed by atoms with van der Waals surface area (Å²) >= 11 is 0. The average molecular weight is 1330 g/mol. The van der Waals surface area contributed by atoms with E-state index in [0.29, 0.717) is 34.4 Å². The molecule has 0 spiro atoms. The molecule has 15 aromatic rings. The third-order valence-electron chi connectivity index (χ3n) is 19.6. The number of hydrogen-bond donors (Lipinski definition) is 0. The van der Waals surface area contributed by atoms with E-state index in [9.17, 15) is 5.48 Å². The van der Waals surface area contributed by atoms with E-state index in [1.165, 1.54) is 22.3 Å².